The first kappa shape index (κ1) is 21.9. The molecule has 0 saturated carbocycles. The zero-order valence-electron chi connectivity index (χ0n) is 18.6. The van der Waals surface area contributed by atoms with Crippen molar-refractivity contribution in [2.75, 3.05) is 39.4 Å². The van der Waals surface area contributed by atoms with Crippen molar-refractivity contribution in [3.8, 4) is 22.8 Å². The number of nitrogens with zero attached hydrogens (tertiary/aromatic N) is 3. The number of ether oxygens (including phenoxy) is 2. The van der Waals surface area contributed by atoms with Crippen LogP contribution in [0.15, 0.2) is 59.1 Å². The lowest BCUT2D eigenvalue weighted by atomic mass is 10.1. The van der Waals surface area contributed by atoms with E-state index in [-0.39, 0.29) is 5.91 Å². The molecule has 4 rings (SSSR count). The molecule has 2 heterocycles. The number of hydrogen-bond donors (Lipinski definition) is 0. The van der Waals surface area contributed by atoms with Crippen molar-refractivity contribution in [3.05, 3.63) is 65.9 Å². The molecule has 168 valence electrons. The fraction of sp³-hybridized carbons (Fsp3) is 0.360. The van der Waals surface area contributed by atoms with E-state index < -0.39 is 0 Å². The van der Waals surface area contributed by atoms with Gasteiger partial charge in [0.05, 0.1) is 13.2 Å². The van der Waals surface area contributed by atoms with Crippen LogP contribution in [-0.4, -0.2) is 60.3 Å². The minimum Gasteiger partial charge on any atom is -0.490 e. The summed E-state index contributed by atoms with van der Waals surface area (Å²) >= 11 is 0. The maximum Gasteiger partial charge on any atom is 0.276 e. The summed E-state index contributed by atoms with van der Waals surface area (Å²) in [5.41, 5.74) is 2.40. The van der Waals surface area contributed by atoms with E-state index in [9.17, 15) is 4.79 Å². The highest BCUT2D eigenvalue weighted by molar-refractivity contribution is 5.93. The fourth-order valence-electron chi connectivity index (χ4n) is 3.83. The van der Waals surface area contributed by atoms with E-state index >= 15 is 0 Å². The number of carbonyl (C=O) groups excluding carboxylic acids is 1. The summed E-state index contributed by atoms with van der Waals surface area (Å²) in [6, 6.07) is 17.7. The van der Waals surface area contributed by atoms with Crippen LogP contribution >= 0.6 is 0 Å². The molecule has 7 nitrogen and oxygen atoms in total. The highest BCUT2D eigenvalue weighted by atomic mass is 16.5. The summed E-state index contributed by atoms with van der Waals surface area (Å²) in [4.78, 5) is 17.2. The van der Waals surface area contributed by atoms with Gasteiger partial charge in [-0.3, -0.25) is 9.69 Å². The Morgan fingerprint density at radius 1 is 0.938 bits per heavy atom. The second-order valence-electron chi connectivity index (χ2n) is 7.66. The van der Waals surface area contributed by atoms with Gasteiger partial charge in [0.25, 0.3) is 5.91 Å². The van der Waals surface area contributed by atoms with E-state index in [1.807, 2.05) is 43.0 Å². The van der Waals surface area contributed by atoms with Crippen LogP contribution in [0, 0.1) is 0 Å². The summed E-state index contributed by atoms with van der Waals surface area (Å²) in [5.74, 6) is 1.75. The van der Waals surface area contributed by atoms with Gasteiger partial charge in [0.2, 0.25) is 0 Å². The molecule has 1 aliphatic rings. The maximum absolute atomic E-state index is 13.0. The monoisotopic (exact) mass is 435 g/mol. The molecule has 7 heteroatoms. The van der Waals surface area contributed by atoms with Gasteiger partial charge in [-0.2, -0.15) is 0 Å². The molecule has 1 saturated heterocycles. The first-order valence-electron chi connectivity index (χ1n) is 11.1. The largest absolute Gasteiger partial charge is 0.490 e. The summed E-state index contributed by atoms with van der Waals surface area (Å²) < 4.78 is 16.8. The number of aromatic nitrogens is 1. The molecule has 0 unspecified atom stereocenters. The molecule has 0 aliphatic carbocycles. The molecule has 0 spiro atoms. The van der Waals surface area contributed by atoms with Gasteiger partial charge in [0.1, 0.15) is 0 Å². The Morgan fingerprint density at radius 2 is 1.66 bits per heavy atom. The zero-order chi connectivity index (χ0) is 22.3. The van der Waals surface area contributed by atoms with Crippen LogP contribution in [0.25, 0.3) is 11.3 Å². The molecular weight excluding hydrogens is 406 g/mol. The predicted molar refractivity (Wildman–Crippen MR) is 122 cm³/mol. The minimum absolute atomic E-state index is 0.102. The quantitative estimate of drug-likeness (QED) is 0.531. The lowest BCUT2D eigenvalue weighted by Gasteiger charge is -2.34. The second kappa shape index (κ2) is 10.3. The summed E-state index contributed by atoms with van der Waals surface area (Å²) in [6.07, 6.45) is 0. The molecule has 1 aromatic heterocycles. The molecule has 32 heavy (non-hydrogen) atoms. The van der Waals surface area contributed by atoms with Crippen molar-refractivity contribution in [1.29, 1.82) is 0 Å². The Balaban J connectivity index is 1.39. The van der Waals surface area contributed by atoms with Gasteiger partial charge in [0, 0.05) is 44.4 Å². The standard InChI is InChI=1S/C25H29N3O4/c1-3-30-22-11-10-20(16-24(22)31-4-2)23-17-21(26-32-23)25(29)28-14-12-27(13-15-28)18-19-8-6-5-7-9-19/h5-11,16-17H,3-4,12-15,18H2,1-2H3. The van der Waals surface area contributed by atoms with E-state index in [0.29, 0.717) is 49.3 Å². The van der Waals surface area contributed by atoms with Crippen LogP contribution in [0.2, 0.25) is 0 Å². The van der Waals surface area contributed by atoms with E-state index in [1.165, 1.54) is 5.56 Å². The Morgan fingerprint density at radius 3 is 2.38 bits per heavy atom. The van der Waals surface area contributed by atoms with Crippen molar-refractivity contribution < 1.29 is 18.8 Å². The van der Waals surface area contributed by atoms with Crippen LogP contribution < -0.4 is 9.47 Å². The van der Waals surface area contributed by atoms with Gasteiger partial charge >= 0.3 is 0 Å². The first-order chi connectivity index (χ1) is 15.7. The number of benzene rings is 2. The van der Waals surface area contributed by atoms with Gasteiger partial charge in [-0.25, -0.2) is 0 Å². The summed E-state index contributed by atoms with van der Waals surface area (Å²) in [6.45, 7) is 8.85. The summed E-state index contributed by atoms with van der Waals surface area (Å²) in [5, 5.41) is 4.04. The normalized spacial score (nSPS) is 14.4. The third kappa shape index (κ3) is 5.11. The molecule has 0 atom stereocenters. The molecule has 2 aromatic carbocycles. The Labute approximate surface area is 188 Å². The van der Waals surface area contributed by atoms with Gasteiger partial charge in [-0.05, 0) is 37.6 Å². The van der Waals surface area contributed by atoms with Gasteiger partial charge < -0.3 is 18.9 Å². The van der Waals surface area contributed by atoms with Crippen molar-refractivity contribution in [2.45, 2.75) is 20.4 Å². The number of carbonyl (C=O) groups is 1. The Hall–Kier alpha value is -3.32. The molecule has 0 N–H and O–H groups in total. The van der Waals surface area contributed by atoms with Crippen LogP contribution in [0.3, 0.4) is 0 Å². The highest BCUT2D eigenvalue weighted by Crippen LogP contribution is 2.33. The fourth-order valence-corrected chi connectivity index (χ4v) is 3.83. The Bertz CT molecular complexity index is 1030. The molecule has 1 aliphatic heterocycles. The third-order valence-electron chi connectivity index (χ3n) is 5.47. The van der Waals surface area contributed by atoms with Crippen LogP contribution in [0.5, 0.6) is 11.5 Å². The molecule has 1 fully saturated rings. The topological polar surface area (TPSA) is 68.0 Å². The van der Waals surface area contributed by atoms with Crippen molar-refractivity contribution in [2.24, 2.45) is 0 Å². The predicted octanol–water partition coefficient (Wildman–Crippen LogP) is 4.10. The number of amides is 1. The van der Waals surface area contributed by atoms with Crippen molar-refractivity contribution >= 4 is 5.91 Å². The van der Waals surface area contributed by atoms with E-state index in [4.69, 9.17) is 14.0 Å². The van der Waals surface area contributed by atoms with Crippen molar-refractivity contribution in [1.82, 2.24) is 15.0 Å². The van der Waals surface area contributed by atoms with Gasteiger partial charge in [-0.1, -0.05) is 35.5 Å². The van der Waals surface area contributed by atoms with Gasteiger partial charge in [0.15, 0.2) is 23.0 Å². The molecular formula is C25H29N3O4. The maximum atomic E-state index is 13.0. The molecule has 0 bridgehead atoms. The SMILES string of the molecule is CCOc1ccc(-c2cc(C(=O)N3CCN(Cc4ccccc4)CC3)no2)cc1OCC. The Kier molecular flexibility index (Phi) is 7.07. The number of hydrogen-bond acceptors (Lipinski definition) is 6. The number of piperazine rings is 1. The smallest absolute Gasteiger partial charge is 0.276 e. The lowest BCUT2D eigenvalue weighted by molar-refractivity contribution is 0.0618. The molecule has 3 aromatic rings. The first-order valence-corrected chi connectivity index (χ1v) is 11.1. The van der Waals surface area contributed by atoms with Gasteiger partial charge in [-0.15, -0.1) is 0 Å². The average molecular weight is 436 g/mol. The summed E-state index contributed by atoms with van der Waals surface area (Å²) in [7, 11) is 0. The van der Waals surface area contributed by atoms with Crippen LogP contribution in [0.1, 0.15) is 29.9 Å². The van der Waals surface area contributed by atoms with Crippen LogP contribution in [0.4, 0.5) is 0 Å². The van der Waals surface area contributed by atoms with E-state index in [2.05, 4.69) is 34.3 Å². The zero-order valence-corrected chi connectivity index (χ0v) is 18.6. The second-order valence-corrected chi connectivity index (χ2v) is 7.66. The molecule has 1 amide bonds. The van der Waals surface area contributed by atoms with E-state index in [1.54, 1.807) is 6.07 Å². The van der Waals surface area contributed by atoms with Crippen molar-refractivity contribution in [3.63, 3.8) is 0 Å². The average Bonchev–Trinajstić information content (AvgIpc) is 3.32. The van der Waals surface area contributed by atoms with E-state index in [0.717, 1.165) is 25.2 Å². The van der Waals surface area contributed by atoms with Crippen LogP contribution in [-0.2, 0) is 6.54 Å². The highest BCUT2D eigenvalue weighted by Gasteiger charge is 2.25. The third-order valence-corrected chi connectivity index (χ3v) is 5.47. The number of rotatable bonds is 8. The minimum atomic E-state index is -0.102. The molecule has 0 radical (unpaired) electrons. The lowest BCUT2D eigenvalue weighted by Crippen LogP contribution is -2.48.